The van der Waals surface area contributed by atoms with Crippen LogP contribution in [-0.2, 0) is 6.61 Å². The highest BCUT2D eigenvalue weighted by molar-refractivity contribution is 5.95. The molecule has 0 spiro atoms. The lowest BCUT2D eigenvalue weighted by atomic mass is 10.2. The molecule has 0 saturated heterocycles. The summed E-state index contributed by atoms with van der Waals surface area (Å²) in [6.45, 7) is 2.75. The van der Waals surface area contributed by atoms with Crippen LogP contribution in [0.15, 0.2) is 41.0 Å². The SMILES string of the molecule is CCNC(=O)c1ccc(OCc2ccco2)c(N)c1. The Kier molecular flexibility index (Phi) is 4.07. The molecular formula is C14H16N2O3. The molecular weight excluding hydrogens is 244 g/mol. The molecule has 3 N–H and O–H groups in total. The number of ether oxygens (including phenoxy) is 1. The van der Waals surface area contributed by atoms with Gasteiger partial charge in [0.05, 0.1) is 12.0 Å². The van der Waals surface area contributed by atoms with Crippen molar-refractivity contribution in [2.45, 2.75) is 13.5 Å². The van der Waals surface area contributed by atoms with Crippen molar-refractivity contribution in [3.63, 3.8) is 0 Å². The molecule has 0 unspecified atom stereocenters. The Morgan fingerprint density at radius 2 is 2.26 bits per heavy atom. The normalized spacial score (nSPS) is 10.2. The third kappa shape index (κ3) is 3.28. The minimum Gasteiger partial charge on any atom is -0.483 e. The largest absolute Gasteiger partial charge is 0.483 e. The molecule has 5 nitrogen and oxygen atoms in total. The molecule has 2 rings (SSSR count). The molecule has 2 aromatic rings. The Morgan fingerprint density at radius 3 is 2.89 bits per heavy atom. The van der Waals surface area contributed by atoms with Gasteiger partial charge >= 0.3 is 0 Å². The lowest BCUT2D eigenvalue weighted by Crippen LogP contribution is -2.22. The number of nitrogens with two attached hydrogens (primary N) is 1. The summed E-state index contributed by atoms with van der Waals surface area (Å²) in [6, 6.07) is 8.57. The number of hydrogen-bond acceptors (Lipinski definition) is 4. The molecule has 0 aliphatic heterocycles. The van der Waals surface area contributed by atoms with Crippen LogP contribution < -0.4 is 15.8 Å². The first-order chi connectivity index (χ1) is 9.20. The zero-order valence-corrected chi connectivity index (χ0v) is 10.7. The van der Waals surface area contributed by atoms with Gasteiger partial charge in [0, 0.05) is 12.1 Å². The van der Waals surface area contributed by atoms with Crippen LogP contribution in [0, 0.1) is 0 Å². The summed E-state index contributed by atoms with van der Waals surface area (Å²) < 4.78 is 10.7. The topological polar surface area (TPSA) is 77.5 Å². The maximum Gasteiger partial charge on any atom is 0.251 e. The highest BCUT2D eigenvalue weighted by Gasteiger charge is 2.08. The van der Waals surface area contributed by atoms with Gasteiger partial charge in [-0.05, 0) is 37.3 Å². The first kappa shape index (κ1) is 13.0. The van der Waals surface area contributed by atoms with Gasteiger partial charge in [-0.1, -0.05) is 0 Å². The lowest BCUT2D eigenvalue weighted by molar-refractivity contribution is 0.0956. The number of nitrogen functional groups attached to an aromatic ring is 1. The summed E-state index contributed by atoms with van der Waals surface area (Å²) >= 11 is 0. The fraction of sp³-hybridized carbons (Fsp3) is 0.214. The number of furan rings is 1. The predicted molar refractivity (Wildman–Crippen MR) is 71.9 cm³/mol. The maximum absolute atomic E-state index is 11.6. The van der Waals surface area contributed by atoms with E-state index in [1.54, 1.807) is 30.5 Å². The summed E-state index contributed by atoms with van der Waals surface area (Å²) in [5.41, 5.74) is 6.80. The van der Waals surface area contributed by atoms with E-state index in [2.05, 4.69) is 5.32 Å². The van der Waals surface area contributed by atoms with Crippen LogP contribution in [0.4, 0.5) is 5.69 Å². The van der Waals surface area contributed by atoms with Gasteiger partial charge in [0.2, 0.25) is 0 Å². The Balaban J connectivity index is 2.04. The van der Waals surface area contributed by atoms with E-state index in [1.807, 2.05) is 13.0 Å². The average Bonchev–Trinajstić information content (AvgIpc) is 2.90. The molecule has 0 aliphatic rings. The fourth-order valence-electron chi connectivity index (χ4n) is 1.63. The predicted octanol–water partition coefficient (Wildman–Crippen LogP) is 2.19. The van der Waals surface area contributed by atoms with Crippen molar-refractivity contribution in [1.82, 2.24) is 5.32 Å². The maximum atomic E-state index is 11.6. The molecule has 1 aromatic heterocycles. The molecule has 0 aliphatic carbocycles. The van der Waals surface area contributed by atoms with Gasteiger partial charge in [0.15, 0.2) is 0 Å². The number of amides is 1. The lowest BCUT2D eigenvalue weighted by Gasteiger charge is -2.09. The molecule has 0 saturated carbocycles. The summed E-state index contributed by atoms with van der Waals surface area (Å²) in [4.78, 5) is 11.6. The summed E-state index contributed by atoms with van der Waals surface area (Å²) in [5, 5.41) is 2.71. The van der Waals surface area contributed by atoms with Crippen LogP contribution in [-0.4, -0.2) is 12.5 Å². The van der Waals surface area contributed by atoms with E-state index in [9.17, 15) is 4.79 Å². The van der Waals surface area contributed by atoms with Crippen molar-refractivity contribution >= 4 is 11.6 Å². The summed E-state index contributed by atoms with van der Waals surface area (Å²) in [5.74, 6) is 1.10. The zero-order chi connectivity index (χ0) is 13.7. The monoisotopic (exact) mass is 260 g/mol. The van der Waals surface area contributed by atoms with Gasteiger partial charge in [0.25, 0.3) is 5.91 Å². The Bertz CT molecular complexity index is 550. The summed E-state index contributed by atoms with van der Waals surface area (Å²) in [6.07, 6.45) is 1.58. The second-order valence-corrected chi connectivity index (χ2v) is 3.98. The Morgan fingerprint density at radius 1 is 1.42 bits per heavy atom. The molecule has 0 atom stereocenters. The van der Waals surface area contributed by atoms with E-state index in [4.69, 9.17) is 14.9 Å². The molecule has 0 fully saturated rings. The van der Waals surface area contributed by atoms with Crippen LogP contribution >= 0.6 is 0 Å². The Labute approximate surface area is 111 Å². The highest BCUT2D eigenvalue weighted by Crippen LogP contribution is 2.23. The van der Waals surface area contributed by atoms with Gasteiger partial charge in [0.1, 0.15) is 18.1 Å². The van der Waals surface area contributed by atoms with E-state index >= 15 is 0 Å². The molecule has 0 bridgehead atoms. The van der Waals surface area contributed by atoms with E-state index in [1.165, 1.54) is 0 Å². The molecule has 1 heterocycles. The van der Waals surface area contributed by atoms with Gasteiger partial charge in [-0.15, -0.1) is 0 Å². The zero-order valence-electron chi connectivity index (χ0n) is 10.7. The molecule has 1 amide bonds. The van der Waals surface area contributed by atoms with Crippen molar-refractivity contribution in [1.29, 1.82) is 0 Å². The van der Waals surface area contributed by atoms with Crippen LogP contribution in [0.2, 0.25) is 0 Å². The smallest absolute Gasteiger partial charge is 0.251 e. The molecule has 19 heavy (non-hydrogen) atoms. The second kappa shape index (κ2) is 5.95. The number of carbonyl (C=O) groups excluding carboxylic acids is 1. The minimum absolute atomic E-state index is 0.146. The van der Waals surface area contributed by atoms with Gasteiger partial charge in [-0.3, -0.25) is 4.79 Å². The number of rotatable bonds is 5. The fourth-order valence-corrected chi connectivity index (χ4v) is 1.63. The standard InChI is InChI=1S/C14H16N2O3/c1-2-16-14(17)10-5-6-13(12(15)8-10)19-9-11-4-3-7-18-11/h3-8H,2,9,15H2,1H3,(H,16,17). The van der Waals surface area contributed by atoms with Crippen molar-refractivity contribution in [2.24, 2.45) is 0 Å². The van der Waals surface area contributed by atoms with Crippen molar-refractivity contribution in [3.05, 3.63) is 47.9 Å². The molecule has 100 valence electrons. The summed E-state index contributed by atoms with van der Waals surface area (Å²) in [7, 11) is 0. The third-order valence-corrected chi connectivity index (χ3v) is 2.56. The van der Waals surface area contributed by atoms with E-state index in [0.717, 1.165) is 0 Å². The second-order valence-electron chi connectivity index (χ2n) is 3.98. The molecule has 1 aromatic carbocycles. The van der Waals surface area contributed by atoms with Gasteiger partial charge < -0.3 is 20.2 Å². The van der Waals surface area contributed by atoms with Gasteiger partial charge in [-0.25, -0.2) is 0 Å². The van der Waals surface area contributed by atoms with Crippen LogP contribution in [0.1, 0.15) is 23.0 Å². The number of hydrogen-bond donors (Lipinski definition) is 2. The third-order valence-electron chi connectivity index (χ3n) is 2.56. The van der Waals surface area contributed by atoms with Crippen LogP contribution in [0.5, 0.6) is 5.75 Å². The average molecular weight is 260 g/mol. The molecule has 5 heteroatoms. The number of carbonyl (C=O) groups is 1. The van der Waals surface area contributed by atoms with Crippen molar-refractivity contribution in [2.75, 3.05) is 12.3 Å². The molecule has 0 radical (unpaired) electrons. The van der Waals surface area contributed by atoms with E-state index in [0.29, 0.717) is 35.9 Å². The van der Waals surface area contributed by atoms with E-state index < -0.39 is 0 Å². The number of benzene rings is 1. The number of anilines is 1. The van der Waals surface area contributed by atoms with Crippen molar-refractivity contribution < 1.29 is 13.9 Å². The van der Waals surface area contributed by atoms with Crippen molar-refractivity contribution in [3.8, 4) is 5.75 Å². The Hall–Kier alpha value is -2.43. The number of nitrogens with one attached hydrogen (secondary N) is 1. The van der Waals surface area contributed by atoms with Crippen LogP contribution in [0.3, 0.4) is 0 Å². The highest BCUT2D eigenvalue weighted by atomic mass is 16.5. The van der Waals surface area contributed by atoms with Gasteiger partial charge in [-0.2, -0.15) is 0 Å². The van der Waals surface area contributed by atoms with E-state index in [-0.39, 0.29) is 5.91 Å². The quantitative estimate of drug-likeness (QED) is 0.808. The van der Waals surface area contributed by atoms with Crippen LogP contribution in [0.25, 0.3) is 0 Å². The minimum atomic E-state index is -0.146. The first-order valence-electron chi connectivity index (χ1n) is 6.03. The first-order valence-corrected chi connectivity index (χ1v) is 6.03.